The molecule has 0 aliphatic carbocycles. The number of quaternary nitrogens is 2. The number of hydrogen-bond donors (Lipinski definition) is 0. The third kappa shape index (κ3) is 4.66. The lowest BCUT2D eigenvalue weighted by molar-refractivity contribution is -0.980. The van der Waals surface area contributed by atoms with E-state index in [0.717, 1.165) is 0 Å². The molecule has 0 spiro atoms. The van der Waals surface area contributed by atoms with Crippen molar-refractivity contribution in [2.75, 3.05) is 40.3 Å². The van der Waals surface area contributed by atoms with Gasteiger partial charge in [-0.25, -0.2) is 0 Å². The van der Waals surface area contributed by atoms with Crippen molar-refractivity contribution in [3.05, 3.63) is 60.2 Å². The SMILES string of the molecule is C[N+]1(CC[N+]2(C)CCCC2c2cccnc2)CCCC1c1cccnc1.[Br-].[Br-]. The number of aromatic nitrogens is 2. The van der Waals surface area contributed by atoms with Gasteiger partial charge in [-0.15, -0.1) is 0 Å². The molecule has 0 saturated carbocycles. The van der Waals surface area contributed by atoms with Gasteiger partial charge in [0, 0.05) is 61.6 Å². The average molecular weight is 512 g/mol. The maximum atomic E-state index is 4.38. The molecule has 2 aliphatic heterocycles. The zero-order chi connectivity index (χ0) is 18.0. The first-order chi connectivity index (χ1) is 12.6. The van der Waals surface area contributed by atoms with Gasteiger partial charge in [0.05, 0.1) is 27.2 Å². The molecule has 4 atom stereocenters. The summed E-state index contributed by atoms with van der Waals surface area (Å²) >= 11 is 0. The van der Waals surface area contributed by atoms with Gasteiger partial charge in [0.15, 0.2) is 0 Å². The Morgan fingerprint density at radius 1 is 0.786 bits per heavy atom. The second-order valence-electron chi connectivity index (χ2n) is 8.74. The van der Waals surface area contributed by atoms with Gasteiger partial charge in [-0.1, -0.05) is 12.1 Å². The number of nitrogens with zero attached hydrogens (tertiary/aromatic N) is 4. The lowest BCUT2D eigenvalue weighted by atomic mass is 10.0. The topological polar surface area (TPSA) is 25.8 Å². The van der Waals surface area contributed by atoms with Crippen LogP contribution >= 0.6 is 0 Å². The number of halogens is 2. The second-order valence-corrected chi connectivity index (χ2v) is 8.74. The van der Waals surface area contributed by atoms with Crippen molar-refractivity contribution in [1.29, 1.82) is 0 Å². The molecule has 4 heterocycles. The monoisotopic (exact) mass is 510 g/mol. The van der Waals surface area contributed by atoms with E-state index in [-0.39, 0.29) is 34.0 Å². The molecule has 0 radical (unpaired) electrons. The van der Waals surface area contributed by atoms with Crippen molar-refractivity contribution in [1.82, 2.24) is 9.97 Å². The molecule has 2 saturated heterocycles. The van der Waals surface area contributed by atoms with Crippen LogP contribution in [0.15, 0.2) is 49.1 Å². The third-order valence-corrected chi connectivity index (χ3v) is 7.06. The predicted molar refractivity (Wildman–Crippen MR) is 104 cm³/mol. The van der Waals surface area contributed by atoms with E-state index in [1.165, 1.54) is 72.0 Å². The first-order valence-electron chi connectivity index (χ1n) is 10.1. The zero-order valence-corrected chi connectivity index (χ0v) is 20.1. The summed E-state index contributed by atoms with van der Waals surface area (Å²) in [7, 11) is 4.93. The molecule has 0 amide bonds. The maximum Gasteiger partial charge on any atom is 0.129 e. The number of likely N-dealkylation sites (tertiary alicyclic amines) is 2. The van der Waals surface area contributed by atoms with Crippen molar-refractivity contribution in [2.24, 2.45) is 0 Å². The van der Waals surface area contributed by atoms with E-state index in [1.807, 2.05) is 12.4 Å². The van der Waals surface area contributed by atoms with Gasteiger partial charge in [-0.3, -0.25) is 9.97 Å². The predicted octanol–water partition coefficient (Wildman–Crippen LogP) is -2.25. The minimum Gasteiger partial charge on any atom is -1.00 e. The van der Waals surface area contributed by atoms with Crippen LogP contribution in [-0.4, -0.2) is 59.2 Å². The summed E-state index contributed by atoms with van der Waals surface area (Å²) in [6.07, 6.45) is 13.2. The molecule has 4 rings (SSSR count). The number of rotatable bonds is 5. The molecule has 4 unspecified atom stereocenters. The van der Waals surface area contributed by atoms with E-state index in [4.69, 9.17) is 0 Å². The Labute approximate surface area is 190 Å². The summed E-state index contributed by atoms with van der Waals surface area (Å²) in [5.41, 5.74) is 2.83. The molecule has 2 aliphatic rings. The van der Waals surface area contributed by atoms with Gasteiger partial charge in [0.25, 0.3) is 0 Å². The Bertz CT molecular complexity index is 666. The van der Waals surface area contributed by atoms with Gasteiger partial charge in [0.1, 0.15) is 25.2 Å². The standard InChI is InChI=1S/C22H32N4.2BrH/c1-25(13-5-9-21(25)19-7-3-11-23-17-19)15-16-26(2)14-6-10-22(26)20-8-4-12-24-18-20;;/h3-4,7-8,11-12,17-18,21-22H,5-6,9-10,13-16H2,1-2H3;2*1H/q+2;;/p-2. The third-order valence-electron chi connectivity index (χ3n) is 7.06. The molecule has 2 fully saturated rings. The van der Waals surface area contributed by atoms with Crippen molar-refractivity contribution < 1.29 is 42.9 Å². The molecule has 6 heteroatoms. The normalized spacial score (nSPS) is 31.8. The van der Waals surface area contributed by atoms with Crippen molar-refractivity contribution >= 4 is 0 Å². The quantitative estimate of drug-likeness (QED) is 0.424. The Hall–Kier alpha value is -0.820. The van der Waals surface area contributed by atoms with Crippen LogP contribution in [-0.2, 0) is 0 Å². The van der Waals surface area contributed by atoms with Crippen LogP contribution in [0, 0.1) is 0 Å². The molecule has 154 valence electrons. The van der Waals surface area contributed by atoms with Gasteiger partial charge in [-0.2, -0.15) is 0 Å². The number of hydrogen-bond acceptors (Lipinski definition) is 2. The number of likely N-dealkylation sites (N-methyl/N-ethyl adjacent to an activating group) is 2. The number of pyridine rings is 2. The molecule has 4 nitrogen and oxygen atoms in total. The molecule has 0 bridgehead atoms. The fourth-order valence-electron chi connectivity index (χ4n) is 5.42. The van der Waals surface area contributed by atoms with E-state index in [2.05, 4.69) is 60.7 Å². The minimum atomic E-state index is 0. The van der Waals surface area contributed by atoms with Crippen LogP contribution in [0.3, 0.4) is 0 Å². The summed E-state index contributed by atoms with van der Waals surface area (Å²) in [4.78, 5) is 8.75. The molecule has 28 heavy (non-hydrogen) atoms. The van der Waals surface area contributed by atoms with Gasteiger partial charge < -0.3 is 42.9 Å². The fourth-order valence-corrected chi connectivity index (χ4v) is 5.42. The van der Waals surface area contributed by atoms with Crippen LogP contribution in [0.2, 0.25) is 0 Å². The zero-order valence-electron chi connectivity index (χ0n) is 17.0. The van der Waals surface area contributed by atoms with Gasteiger partial charge >= 0.3 is 0 Å². The Morgan fingerprint density at radius 3 is 1.57 bits per heavy atom. The van der Waals surface area contributed by atoms with Crippen LogP contribution in [0.4, 0.5) is 0 Å². The van der Waals surface area contributed by atoms with Crippen molar-refractivity contribution in [2.45, 2.75) is 37.8 Å². The van der Waals surface area contributed by atoms with E-state index < -0.39 is 0 Å². The van der Waals surface area contributed by atoms with Gasteiger partial charge in [0.2, 0.25) is 0 Å². The van der Waals surface area contributed by atoms with Crippen LogP contribution < -0.4 is 34.0 Å². The molecule has 0 aromatic carbocycles. The summed E-state index contributed by atoms with van der Waals surface area (Å²) < 4.78 is 2.33. The average Bonchev–Trinajstić information content (AvgIpc) is 3.25. The molecular weight excluding hydrogens is 480 g/mol. The lowest BCUT2D eigenvalue weighted by Gasteiger charge is -2.42. The van der Waals surface area contributed by atoms with E-state index >= 15 is 0 Å². The van der Waals surface area contributed by atoms with Crippen LogP contribution in [0.5, 0.6) is 0 Å². The van der Waals surface area contributed by atoms with E-state index in [0.29, 0.717) is 12.1 Å². The minimum absolute atomic E-state index is 0. The summed E-state index contributed by atoms with van der Waals surface area (Å²) in [6, 6.07) is 9.92. The first-order valence-corrected chi connectivity index (χ1v) is 10.1. The van der Waals surface area contributed by atoms with E-state index in [9.17, 15) is 0 Å². The molecule has 2 aromatic heterocycles. The Kier molecular flexibility index (Phi) is 8.20. The summed E-state index contributed by atoms with van der Waals surface area (Å²) in [6.45, 7) is 5.06. The first kappa shape index (κ1) is 23.5. The smallest absolute Gasteiger partial charge is 0.129 e. The Morgan fingerprint density at radius 2 is 1.21 bits per heavy atom. The highest BCUT2D eigenvalue weighted by Crippen LogP contribution is 2.40. The highest BCUT2D eigenvalue weighted by Gasteiger charge is 2.44. The molecule has 0 N–H and O–H groups in total. The molecular formula is C22H32Br2N4. The molecule has 2 aromatic rings. The highest BCUT2D eigenvalue weighted by molar-refractivity contribution is 5.14. The lowest BCUT2D eigenvalue weighted by Crippen LogP contribution is -3.00. The second kappa shape index (κ2) is 9.79. The van der Waals surface area contributed by atoms with Crippen LogP contribution in [0.25, 0.3) is 0 Å². The summed E-state index contributed by atoms with van der Waals surface area (Å²) in [5, 5.41) is 0. The highest BCUT2D eigenvalue weighted by atomic mass is 79.9. The van der Waals surface area contributed by atoms with E-state index in [1.54, 1.807) is 0 Å². The summed E-state index contributed by atoms with van der Waals surface area (Å²) in [5.74, 6) is 0. The fraction of sp³-hybridized carbons (Fsp3) is 0.545. The largest absolute Gasteiger partial charge is 1.00 e. The van der Waals surface area contributed by atoms with Crippen molar-refractivity contribution in [3.63, 3.8) is 0 Å². The maximum absolute atomic E-state index is 4.38. The van der Waals surface area contributed by atoms with Crippen molar-refractivity contribution in [3.8, 4) is 0 Å². The Balaban J connectivity index is 0.00000140. The van der Waals surface area contributed by atoms with Gasteiger partial charge in [-0.05, 0) is 12.1 Å². The van der Waals surface area contributed by atoms with Crippen LogP contribution in [0.1, 0.15) is 48.9 Å².